The van der Waals surface area contributed by atoms with Crippen molar-refractivity contribution in [2.45, 2.75) is 19.9 Å². The third-order valence-corrected chi connectivity index (χ3v) is 6.01. The Morgan fingerprint density at radius 3 is 2.32 bits per heavy atom. The van der Waals surface area contributed by atoms with Gasteiger partial charge >= 0.3 is 0 Å². The molecule has 2 heterocycles. The number of anilines is 1. The molecule has 6 nitrogen and oxygen atoms in total. The van der Waals surface area contributed by atoms with E-state index in [4.69, 9.17) is 26.5 Å². The van der Waals surface area contributed by atoms with Gasteiger partial charge in [0.15, 0.2) is 5.11 Å². The highest BCUT2D eigenvalue weighted by molar-refractivity contribution is 7.80. The van der Waals surface area contributed by atoms with Crippen molar-refractivity contribution >= 4 is 28.6 Å². The molecule has 0 aliphatic carbocycles. The molecule has 3 aromatic carbocycles. The minimum absolute atomic E-state index is 0.257. The lowest BCUT2D eigenvalue weighted by atomic mass is 9.94. The van der Waals surface area contributed by atoms with Crippen LogP contribution in [0.25, 0.3) is 17.0 Å². The van der Waals surface area contributed by atoms with Crippen molar-refractivity contribution in [1.82, 2.24) is 15.5 Å². The summed E-state index contributed by atoms with van der Waals surface area (Å²) in [4.78, 5) is 6.76. The van der Waals surface area contributed by atoms with Gasteiger partial charge in [0.05, 0.1) is 18.2 Å². The van der Waals surface area contributed by atoms with E-state index in [-0.39, 0.29) is 6.04 Å². The van der Waals surface area contributed by atoms with E-state index in [1.165, 1.54) is 0 Å². The molecule has 0 amide bonds. The molecule has 0 radical (unpaired) electrons. The quantitative estimate of drug-likeness (QED) is 0.348. The minimum Gasteiger partial charge on any atom is -0.494 e. The summed E-state index contributed by atoms with van der Waals surface area (Å²) in [7, 11) is 0. The van der Waals surface area contributed by atoms with Crippen molar-refractivity contribution < 1.29 is 9.26 Å². The van der Waals surface area contributed by atoms with Crippen LogP contribution in [0.4, 0.5) is 5.69 Å². The number of aromatic nitrogens is 2. The van der Waals surface area contributed by atoms with E-state index in [2.05, 4.69) is 10.5 Å². The van der Waals surface area contributed by atoms with Gasteiger partial charge in [-0.25, -0.2) is 0 Å². The van der Waals surface area contributed by atoms with Crippen LogP contribution < -0.4 is 15.0 Å². The maximum atomic E-state index is 5.81. The number of hydrogen-bond acceptors (Lipinski definition) is 5. The van der Waals surface area contributed by atoms with Crippen LogP contribution in [0.3, 0.4) is 0 Å². The number of para-hydroxylation sites is 1. The smallest absolute Gasteiger partial charge is 0.258 e. The van der Waals surface area contributed by atoms with Crippen LogP contribution in [0, 0.1) is 0 Å². The van der Waals surface area contributed by atoms with Crippen LogP contribution in [0.2, 0.25) is 0 Å². The second kappa shape index (κ2) is 9.49. The maximum absolute atomic E-state index is 5.81. The van der Waals surface area contributed by atoms with Crippen molar-refractivity contribution in [3.8, 4) is 17.1 Å². The Balaban J connectivity index is 1.62. The zero-order valence-corrected chi connectivity index (χ0v) is 19.8. The maximum Gasteiger partial charge on any atom is 0.258 e. The van der Waals surface area contributed by atoms with Crippen LogP contribution in [0.1, 0.15) is 31.3 Å². The third kappa shape index (κ3) is 4.18. The molecular formula is C27H24N4O2S. The van der Waals surface area contributed by atoms with Crippen LogP contribution in [0.15, 0.2) is 95.1 Å². The predicted octanol–water partition coefficient (Wildman–Crippen LogP) is 6.00. The fourth-order valence-corrected chi connectivity index (χ4v) is 4.48. The Morgan fingerprint density at radius 1 is 0.971 bits per heavy atom. The third-order valence-electron chi connectivity index (χ3n) is 5.71. The zero-order chi connectivity index (χ0) is 23.5. The highest BCUT2D eigenvalue weighted by Gasteiger charge is 2.34. The molecule has 170 valence electrons. The summed E-state index contributed by atoms with van der Waals surface area (Å²) in [6.07, 6.45) is 0. The normalized spacial score (nSPS) is 15.9. The average molecular weight is 469 g/mol. The molecule has 0 fully saturated rings. The lowest BCUT2D eigenvalue weighted by molar-refractivity contribution is 0.340. The molecule has 7 heteroatoms. The summed E-state index contributed by atoms with van der Waals surface area (Å²) in [5.74, 6) is 1.81. The molecule has 1 unspecified atom stereocenters. The summed E-state index contributed by atoms with van der Waals surface area (Å²) in [6.45, 7) is 4.62. The van der Waals surface area contributed by atoms with E-state index in [1.807, 2.05) is 104 Å². The largest absolute Gasteiger partial charge is 0.494 e. The standard InChI is InChI=1S/C27H24N4O2S/c1-3-32-22-16-14-19(15-17-22)24-23(26-29-25(30-33-26)20-10-6-4-7-11-20)18(2)31(27(34)28-24)21-12-8-5-9-13-21/h4-17,24H,3H2,1-2H3,(H,28,34). The Hall–Kier alpha value is -3.97. The van der Waals surface area contributed by atoms with Gasteiger partial charge in [-0.15, -0.1) is 0 Å². The van der Waals surface area contributed by atoms with Gasteiger partial charge in [0, 0.05) is 16.9 Å². The molecule has 5 rings (SSSR count). The Labute approximate surface area is 203 Å². The lowest BCUT2D eigenvalue weighted by Gasteiger charge is -2.37. The molecule has 1 aliphatic heterocycles. The molecule has 34 heavy (non-hydrogen) atoms. The van der Waals surface area contributed by atoms with E-state index < -0.39 is 0 Å². The van der Waals surface area contributed by atoms with E-state index in [1.54, 1.807) is 0 Å². The van der Waals surface area contributed by atoms with Crippen LogP contribution >= 0.6 is 12.2 Å². The summed E-state index contributed by atoms with van der Waals surface area (Å²) in [5.41, 5.74) is 4.68. The molecule has 0 saturated carbocycles. The Kier molecular flexibility index (Phi) is 6.10. The molecule has 0 bridgehead atoms. The second-order valence-electron chi connectivity index (χ2n) is 7.84. The average Bonchev–Trinajstić information content (AvgIpc) is 3.35. The second-order valence-corrected chi connectivity index (χ2v) is 8.23. The van der Waals surface area contributed by atoms with Gasteiger partial charge in [-0.1, -0.05) is 65.8 Å². The predicted molar refractivity (Wildman–Crippen MR) is 137 cm³/mol. The highest BCUT2D eigenvalue weighted by atomic mass is 32.1. The summed E-state index contributed by atoms with van der Waals surface area (Å²) >= 11 is 5.80. The first kappa shape index (κ1) is 21.9. The van der Waals surface area contributed by atoms with Crippen LogP contribution in [-0.2, 0) is 0 Å². The summed E-state index contributed by atoms with van der Waals surface area (Å²) < 4.78 is 11.4. The highest BCUT2D eigenvalue weighted by Crippen LogP contribution is 2.39. The van der Waals surface area contributed by atoms with Gasteiger partial charge < -0.3 is 14.6 Å². The van der Waals surface area contributed by atoms with Gasteiger partial charge in [0.1, 0.15) is 5.75 Å². The van der Waals surface area contributed by atoms with Crippen molar-refractivity contribution in [3.05, 3.63) is 102 Å². The molecule has 1 N–H and O–H groups in total. The first-order valence-electron chi connectivity index (χ1n) is 11.1. The van der Waals surface area contributed by atoms with Crippen LogP contribution in [0.5, 0.6) is 5.75 Å². The zero-order valence-electron chi connectivity index (χ0n) is 18.9. The van der Waals surface area contributed by atoms with Crippen molar-refractivity contribution in [2.24, 2.45) is 0 Å². The summed E-state index contributed by atoms with van der Waals surface area (Å²) in [5, 5.41) is 8.36. The van der Waals surface area contributed by atoms with Gasteiger partial charge in [0.2, 0.25) is 5.82 Å². The monoisotopic (exact) mass is 468 g/mol. The number of benzene rings is 3. The lowest BCUT2D eigenvalue weighted by Crippen LogP contribution is -2.46. The number of allylic oxidation sites excluding steroid dienone is 1. The SMILES string of the molecule is CCOc1ccc(C2NC(=S)N(c3ccccc3)C(C)=C2c2nc(-c3ccccc3)no2)cc1. The van der Waals surface area contributed by atoms with Gasteiger partial charge in [-0.05, 0) is 55.9 Å². The summed E-state index contributed by atoms with van der Waals surface area (Å²) in [6, 6.07) is 27.5. The molecule has 0 spiro atoms. The molecule has 1 aliphatic rings. The fraction of sp³-hybridized carbons (Fsp3) is 0.148. The molecule has 1 aromatic heterocycles. The van der Waals surface area contributed by atoms with Crippen molar-refractivity contribution in [1.29, 1.82) is 0 Å². The van der Waals surface area contributed by atoms with Crippen molar-refractivity contribution in [2.75, 3.05) is 11.5 Å². The molecule has 0 saturated heterocycles. The number of thiocarbonyl (C=S) groups is 1. The minimum atomic E-state index is -0.257. The van der Waals surface area contributed by atoms with Crippen LogP contribution in [-0.4, -0.2) is 21.9 Å². The molecular weight excluding hydrogens is 444 g/mol. The number of ether oxygens (including phenoxy) is 1. The van der Waals surface area contributed by atoms with Crippen molar-refractivity contribution in [3.63, 3.8) is 0 Å². The molecule has 1 atom stereocenters. The van der Waals surface area contributed by atoms with E-state index in [0.717, 1.165) is 33.8 Å². The first-order chi connectivity index (χ1) is 16.7. The first-order valence-corrected chi connectivity index (χ1v) is 11.5. The number of nitrogens with one attached hydrogen (secondary N) is 1. The Bertz CT molecular complexity index is 1320. The van der Waals surface area contributed by atoms with E-state index in [0.29, 0.717) is 23.4 Å². The molecule has 4 aromatic rings. The van der Waals surface area contributed by atoms with Gasteiger partial charge in [-0.2, -0.15) is 4.98 Å². The van der Waals surface area contributed by atoms with Gasteiger partial charge in [-0.3, -0.25) is 4.90 Å². The number of hydrogen-bond donors (Lipinski definition) is 1. The van der Waals surface area contributed by atoms with Gasteiger partial charge in [0.25, 0.3) is 5.89 Å². The Morgan fingerprint density at radius 2 is 1.65 bits per heavy atom. The van der Waals surface area contributed by atoms with E-state index >= 15 is 0 Å². The topological polar surface area (TPSA) is 63.4 Å². The van der Waals surface area contributed by atoms with E-state index in [9.17, 15) is 0 Å². The number of rotatable bonds is 6. The number of nitrogens with zero attached hydrogens (tertiary/aromatic N) is 3. The fourth-order valence-electron chi connectivity index (χ4n) is 4.12.